The molecular formula is C25H40ClN5O3S. The molecule has 1 aliphatic rings. The average Bonchev–Trinajstić information content (AvgIpc) is 2.87. The van der Waals surface area contributed by atoms with Gasteiger partial charge in [-0.3, -0.25) is 14.1 Å². The zero-order chi connectivity index (χ0) is 27.1. The first-order valence-electron chi connectivity index (χ1n) is 11.7. The van der Waals surface area contributed by atoms with E-state index in [2.05, 4.69) is 15.3 Å². The van der Waals surface area contributed by atoms with Crippen LogP contribution in [0.3, 0.4) is 0 Å². The van der Waals surface area contributed by atoms with E-state index in [4.69, 9.17) is 22.1 Å². The number of guanidine groups is 1. The summed E-state index contributed by atoms with van der Waals surface area (Å²) in [6.07, 6.45) is 2.41. The average molecular weight is 526 g/mol. The molecule has 3 unspecified atom stereocenters. The molecule has 0 bridgehead atoms. The summed E-state index contributed by atoms with van der Waals surface area (Å²) in [7, 11) is 0.367. The van der Waals surface area contributed by atoms with Crippen molar-refractivity contribution in [1.82, 2.24) is 9.29 Å². The summed E-state index contributed by atoms with van der Waals surface area (Å²) in [5.74, 6) is 0.867. The number of nitrogens with zero attached hydrogens (tertiary/aromatic N) is 3. The first-order valence-corrected chi connectivity index (χ1v) is 13.3. The molecular weight excluding hydrogens is 486 g/mol. The fraction of sp³-hybridized carbons (Fsp3) is 0.480. The van der Waals surface area contributed by atoms with Gasteiger partial charge in [0.05, 0.1) is 28.6 Å². The van der Waals surface area contributed by atoms with Crippen LogP contribution < -0.4 is 15.8 Å². The first-order chi connectivity index (χ1) is 16.7. The molecule has 1 aliphatic heterocycles. The molecule has 0 spiro atoms. The van der Waals surface area contributed by atoms with E-state index in [-0.39, 0.29) is 11.2 Å². The number of halogens is 1. The minimum atomic E-state index is -1.28. The number of carbonyl (C=O) groups is 1. The molecule has 3 rings (SSSR count). The van der Waals surface area contributed by atoms with Gasteiger partial charge < -0.3 is 15.8 Å². The van der Waals surface area contributed by atoms with E-state index in [1.54, 1.807) is 31.4 Å². The maximum absolute atomic E-state index is 12.4. The van der Waals surface area contributed by atoms with Gasteiger partial charge in [-0.25, -0.2) is 9.20 Å². The second-order valence-electron chi connectivity index (χ2n) is 6.94. The Labute approximate surface area is 217 Å². The van der Waals surface area contributed by atoms with Crippen LogP contribution in [0.1, 0.15) is 64.4 Å². The van der Waals surface area contributed by atoms with Gasteiger partial charge in [0.2, 0.25) is 12.4 Å². The molecule has 0 aliphatic carbocycles. The van der Waals surface area contributed by atoms with Gasteiger partial charge in [0.15, 0.2) is 0 Å². The molecule has 8 nitrogen and oxygen atoms in total. The number of pyridine rings is 1. The van der Waals surface area contributed by atoms with E-state index in [1.165, 1.54) is 4.31 Å². The van der Waals surface area contributed by atoms with E-state index in [9.17, 15) is 9.00 Å². The lowest BCUT2D eigenvalue weighted by Gasteiger charge is -2.32. The van der Waals surface area contributed by atoms with Crippen molar-refractivity contribution < 1.29 is 13.7 Å². The van der Waals surface area contributed by atoms with Crippen molar-refractivity contribution in [2.24, 2.45) is 10.7 Å². The van der Waals surface area contributed by atoms with Crippen molar-refractivity contribution in [2.45, 2.75) is 66.7 Å². The molecule has 0 radical (unpaired) electrons. The molecule has 10 heteroatoms. The maximum Gasteiger partial charge on any atom is 0.211 e. The molecule has 1 amide bonds. The number of carbonyl (C=O) groups excluding carboxylic acids is 1. The highest BCUT2D eigenvalue weighted by molar-refractivity contribution is 7.83. The Morgan fingerprint density at radius 2 is 1.86 bits per heavy atom. The zero-order valence-corrected chi connectivity index (χ0v) is 23.8. The number of hydrogen-bond acceptors (Lipinski definition) is 6. The third-order valence-electron chi connectivity index (χ3n) is 4.64. The number of benzene rings is 1. The number of nitrogens with one attached hydrogen (secondary N) is 1. The number of ether oxygens (including phenoxy) is 1. The van der Waals surface area contributed by atoms with Gasteiger partial charge in [-0.05, 0) is 57.5 Å². The van der Waals surface area contributed by atoms with Gasteiger partial charge >= 0.3 is 0 Å². The van der Waals surface area contributed by atoms with Crippen LogP contribution in [0, 0.1) is 13.8 Å². The number of hydrogen-bond donors (Lipinski definition) is 2. The molecule has 0 fully saturated rings. The highest BCUT2D eigenvalue weighted by atomic mass is 35.5. The lowest BCUT2D eigenvalue weighted by Crippen LogP contribution is -2.45. The molecule has 1 aromatic heterocycles. The zero-order valence-electron chi connectivity index (χ0n) is 22.3. The summed E-state index contributed by atoms with van der Waals surface area (Å²) in [4.78, 5) is 19.1. The van der Waals surface area contributed by atoms with Crippen LogP contribution in [-0.4, -0.2) is 44.8 Å². The van der Waals surface area contributed by atoms with Crippen LogP contribution in [0.25, 0.3) is 0 Å². The van der Waals surface area contributed by atoms with Gasteiger partial charge in [-0.1, -0.05) is 39.3 Å². The van der Waals surface area contributed by atoms with Crippen LogP contribution in [0.5, 0.6) is 5.75 Å². The monoisotopic (exact) mass is 525 g/mol. The Balaban J connectivity index is 0.000000740. The molecule has 3 N–H and O–H groups in total. The topological polar surface area (TPSA) is 110 Å². The fourth-order valence-electron chi connectivity index (χ4n) is 2.93. The van der Waals surface area contributed by atoms with Crippen LogP contribution >= 0.6 is 11.6 Å². The van der Waals surface area contributed by atoms with E-state index < -0.39 is 17.0 Å². The minimum absolute atomic E-state index is 0.220. The summed E-state index contributed by atoms with van der Waals surface area (Å²) in [5, 5.41) is 3.08. The summed E-state index contributed by atoms with van der Waals surface area (Å²) in [6.45, 7) is 16.1. The third-order valence-corrected chi connectivity index (χ3v) is 6.65. The molecule has 0 saturated heterocycles. The Hall–Kier alpha value is -2.65. The minimum Gasteiger partial charge on any atom is -0.494 e. The van der Waals surface area contributed by atoms with Gasteiger partial charge in [0, 0.05) is 24.5 Å². The van der Waals surface area contributed by atoms with Crippen molar-refractivity contribution in [1.29, 1.82) is 0 Å². The van der Waals surface area contributed by atoms with Crippen molar-refractivity contribution >= 4 is 40.6 Å². The van der Waals surface area contributed by atoms with Gasteiger partial charge in [-0.15, -0.1) is 0 Å². The van der Waals surface area contributed by atoms with E-state index in [1.807, 2.05) is 61.5 Å². The molecule has 196 valence electrons. The summed E-state index contributed by atoms with van der Waals surface area (Å²) < 4.78 is 19.4. The summed E-state index contributed by atoms with van der Waals surface area (Å²) in [5.41, 5.74) is 9.22. The molecule has 1 aromatic carbocycles. The van der Waals surface area contributed by atoms with Crippen LogP contribution in [0.4, 0.5) is 5.69 Å². The number of aryl methyl sites for hydroxylation is 2. The SMILES string of the molecule is CC.CC.CCOc1ccc(NC=O)cc1C1N=C(N)N(C)S(=O)C1C.Cc1cnc(C)c(Cl)c1. The number of aliphatic imine (C=N–C) groups is 1. The number of aromatic nitrogens is 1. The van der Waals surface area contributed by atoms with Crippen LogP contribution in [0.15, 0.2) is 35.5 Å². The van der Waals surface area contributed by atoms with Crippen molar-refractivity contribution in [3.8, 4) is 5.75 Å². The Morgan fingerprint density at radius 3 is 2.37 bits per heavy atom. The molecule has 3 atom stereocenters. The predicted octanol–water partition coefficient (Wildman–Crippen LogP) is 5.41. The molecule has 2 heterocycles. The number of rotatable bonds is 5. The maximum atomic E-state index is 12.4. The first kappa shape index (κ1) is 32.4. The Kier molecular flexibility index (Phi) is 15.6. The lowest BCUT2D eigenvalue weighted by molar-refractivity contribution is -0.105. The standard InChI is InChI=1S/C14H20N4O3S.C7H8ClN.2C2H6/c1-4-21-12-6-5-10(16-8-19)7-11(12)13-9(2)22(20)18(3)14(15)17-13;1-5-3-7(8)6(2)9-4-5;2*1-2/h5-9,13H,4H2,1-3H3,(H2,15,17)(H,16,19);3-4H,1-2H3;2*1-2H3. The van der Waals surface area contributed by atoms with Crippen molar-refractivity contribution in [3.63, 3.8) is 0 Å². The quantitative estimate of drug-likeness (QED) is 0.507. The largest absolute Gasteiger partial charge is 0.494 e. The van der Waals surface area contributed by atoms with E-state index in [0.29, 0.717) is 24.5 Å². The van der Waals surface area contributed by atoms with Crippen molar-refractivity contribution in [3.05, 3.63) is 52.3 Å². The van der Waals surface area contributed by atoms with Crippen molar-refractivity contribution in [2.75, 3.05) is 19.0 Å². The normalized spacial score (nSPS) is 18.3. The molecule has 2 aromatic rings. The summed E-state index contributed by atoms with van der Waals surface area (Å²) in [6, 6.07) is 6.80. The highest BCUT2D eigenvalue weighted by Crippen LogP contribution is 2.36. The smallest absolute Gasteiger partial charge is 0.211 e. The third kappa shape index (κ3) is 9.49. The molecule has 35 heavy (non-hydrogen) atoms. The predicted molar refractivity (Wildman–Crippen MR) is 148 cm³/mol. The highest BCUT2D eigenvalue weighted by Gasteiger charge is 2.34. The number of nitrogens with two attached hydrogens (primary N) is 1. The Morgan fingerprint density at radius 1 is 1.23 bits per heavy atom. The second kappa shape index (κ2) is 16.9. The lowest BCUT2D eigenvalue weighted by atomic mass is 10.0. The van der Waals surface area contributed by atoms with Crippen LogP contribution in [-0.2, 0) is 15.8 Å². The van der Waals surface area contributed by atoms with E-state index in [0.717, 1.165) is 21.8 Å². The fourth-order valence-corrected chi connectivity index (χ4v) is 4.31. The second-order valence-corrected chi connectivity index (χ2v) is 9.19. The van der Waals surface area contributed by atoms with Gasteiger partial charge in [-0.2, -0.15) is 0 Å². The van der Waals surface area contributed by atoms with Gasteiger partial charge in [0.25, 0.3) is 0 Å². The van der Waals surface area contributed by atoms with Gasteiger partial charge in [0.1, 0.15) is 16.7 Å². The molecule has 0 saturated carbocycles. The summed E-state index contributed by atoms with van der Waals surface area (Å²) >= 11 is 5.75. The van der Waals surface area contributed by atoms with E-state index >= 15 is 0 Å². The van der Waals surface area contributed by atoms with Crippen LogP contribution in [0.2, 0.25) is 5.02 Å². The number of amides is 1. The Bertz CT molecular complexity index is 988. The number of anilines is 1.